The second-order valence-electron chi connectivity index (χ2n) is 8.92. The first-order valence-electron chi connectivity index (χ1n) is 11.6. The molecule has 2 amide bonds. The van der Waals surface area contributed by atoms with Crippen LogP contribution in [-0.2, 0) is 16.0 Å². The van der Waals surface area contributed by atoms with Crippen molar-refractivity contribution in [1.82, 2.24) is 10.4 Å². The molecule has 5 heteroatoms. The van der Waals surface area contributed by atoms with E-state index in [-0.39, 0.29) is 17.5 Å². The number of rotatable bonds is 7. The SMILES string of the molecule is CC(C)Cc1ccc(C(C)C(=O)NN2C(=O)/C(=C\c3ccccc3)N=C2c2ccccc2)cc1. The van der Waals surface area contributed by atoms with Crippen molar-refractivity contribution < 1.29 is 9.59 Å². The van der Waals surface area contributed by atoms with Gasteiger partial charge in [-0.05, 0) is 42.0 Å². The lowest BCUT2D eigenvalue weighted by Gasteiger charge is -2.22. The minimum Gasteiger partial charge on any atom is -0.273 e. The van der Waals surface area contributed by atoms with Crippen LogP contribution in [0, 0.1) is 5.92 Å². The first-order valence-corrected chi connectivity index (χ1v) is 11.6. The average molecular weight is 452 g/mol. The highest BCUT2D eigenvalue weighted by molar-refractivity contribution is 6.20. The van der Waals surface area contributed by atoms with Crippen LogP contribution in [0.25, 0.3) is 6.08 Å². The van der Waals surface area contributed by atoms with Crippen LogP contribution < -0.4 is 5.43 Å². The standard InChI is InChI=1S/C29H29N3O2/c1-20(2)18-23-14-16-24(17-15-23)21(3)28(33)31-32-27(25-12-8-5-9-13-25)30-26(29(32)34)19-22-10-6-4-7-11-22/h4-17,19-21H,18H2,1-3H3,(H,31,33)/b26-19+. The summed E-state index contributed by atoms with van der Waals surface area (Å²) in [5.74, 6) is -0.0904. The number of amidine groups is 1. The van der Waals surface area contributed by atoms with Gasteiger partial charge in [0.15, 0.2) is 5.84 Å². The summed E-state index contributed by atoms with van der Waals surface area (Å²) < 4.78 is 0. The van der Waals surface area contributed by atoms with E-state index in [4.69, 9.17) is 0 Å². The Morgan fingerprint density at radius 2 is 1.53 bits per heavy atom. The topological polar surface area (TPSA) is 61.8 Å². The molecule has 3 aromatic rings. The van der Waals surface area contributed by atoms with Crippen molar-refractivity contribution in [3.05, 3.63) is 113 Å². The zero-order valence-electron chi connectivity index (χ0n) is 19.7. The van der Waals surface area contributed by atoms with E-state index in [0.717, 1.165) is 23.1 Å². The Hall–Kier alpha value is -3.99. The highest BCUT2D eigenvalue weighted by atomic mass is 16.2. The summed E-state index contributed by atoms with van der Waals surface area (Å²) in [6.07, 6.45) is 2.73. The van der Waals surface area contributed by atoms with Crippen molar-refractivity contribution in [2.45, 2.75) is 33.1 Å². The van der Waals surface area contributed by atoms with Gasteiger partial charge >= 0.3 is 0 Å². The molecular weight excluding hydrogens is 422 g/mol. The Bertz CT molecular complexity index is 1210. The second kappa shape index (κ2) is 10.3. The van der Waals surface area contributed by atoms with Crippen molar-refractivity contribution in [1.29, 1.82) is 0 Å². The number of nitrogens with one attached hydrogen (secondary N) is 1. The molecule has 0 saturated heterocycles. The van der Waals surface area contributed by atoms with Crippen molar-refractivity contribution in [3.8, 4) is 0 Å². The third-order valence-electron chi connectivity index (χ3n) is 5.73. The number of carbonyl (C=O) groups excluding carboxylic acids is 2. The molecule has 0 radical (unpaired) electrons. The molecule has 3 aromatic carbocycles. The fraction of sp³-hybridized carbons (Fsp3) is 0.207. The fourth-order valence-corrected chi connectivity index (χ4v) is 3.88. The molecule has 0 saturated carbocycles. The number of hydrogen-bond acceptors (Lipinski definition) is 3. The van der Waals surface area contributed by atoms with Crippen LogP contribution in [0.1, 0.15) is 48.9 Å². The van der Waals surface area contributed by atoms with Gasteiger partial charge in [0.1, 0.15) is 5.70 Å². The summed E-state index contributed by atoms with van der Waals surface area (Å²) in [7, 11) is 0. The van der Waals surface area contributed by atoms with E-state index in [1.807, 2.05) is 79.7 Å². The van der Waals surface area contributed by atoms with Gasteiger partial charge in [-0.25, -0.2) is 4.99 Å². The number of hydrazine groups is 1. The molecule has 172 valence electrons. The van der Waals surface area contributed by atoms with E-state index in [9.17, 15) is 9.59 Å². The zero-order valence-corrected chi connectivity index (χ0v) is 19.7. The minimum absolute atomic E-state index is 0.269. The molecule has 0 aliphatic carbocycles. The normalized spacial score (nSPS) is 15.5. The maximum absolute atomic E-state index is 13.3. The maximum Gasteiger partial charge on any atom is 0.297 e. The van der Waals surface area contributed by atoms with Gasteiger partial charge < -0.3 is 0 Å². The van der Waals surface area contributed by atoms with Crippen molar-refractivity contribution in [2.75, 3.05) is 0 Å². The molecular formula is C29H29N3O2. The highest BCUT2D eigenvalue weighted by Crippen LogP contribution is 2.23. The van der Waals surface area contributed by atoms with Gasteiger partial charge in [0.05, 0.1) is 5.92 Å². The van der Waals surface area contributed by atoms with Crippen LogP contribution in [0.4, 0.5) is 0 Å². The Balaban J connectivity index is 1.57. The van der Waals surface area contributed by atoms with Gasteiger partial charge in [-0.2, -0.15) is 5.01 Å². The molecule has 1 atom stereocenters. The first-order chi connectivity index (χ1) is 16.4. The number of benzene rings is 3. The Morgan fingerprint density at radius 1 is 0.912 bits per heavy atom. The Morgan fingerprint density at radius 3 is 2.15 bits per heavy atom. The summed E-state index contributed by atoms with van der Waals surface area (Å²) in [5.41, 5.74) is 6.84. The van der Waals surface area contributed by atoms with Gasteiger partial charge in [0, 0.05) is 5.56 Å². The summed E-state index contributed by atoms with van der Waals surface area (Å²) in [6.45, 7) is 6.21. The van der Waals surface area contributed by atoms with Crippen LogP contribution >= 0.6 is 0 Å². The Kier molecular flexibility index (Phi) is 7.02. The van der Waals surface area contributed by atoms with Crippen LogP contribution in [-0.4, -0.2) is 22.7 Å². The fourth-order valence-electron chi connectivity index (χ4n) is 3.88. The summed E-state index contributed by atoms with van der Waals surface area (Å²) >= 11 is 0. The summed E-state index contributed by atoms with van der Waals surface area (Å²) in [5, 5.41) is 1.26. The zero-order chi connectivity index (χ0) is 24.1. The second-order valence-corrected chi connectivity index (χ2v) is 8.92. The number of hydrogen-bond donors (Lipinski definition) is 1. The molecule has 0 aromatic heterocycles. The third kappa shape index (κ3) is 5.31. The molecule has 5 nitrogen and oxygen atoms in total. The largest absolute Gasteiger partial charge is 0.297 e. The van der Waals surface area contributed by atoms with Crippen LogP contribution in [0.2, 0.25) is 0 Å². The monoisotopic (exact) mass is 451 g/mol. The maximum atomic E-state index is 13.3. The van der Waals surface area contributed by atoms with Gasteiger partial charge in [0.2, 0.25) is 5.91 Å². The molecule has 0 bridgehead atoms. The van der Waals surface area contributed by atoms with Crippen LogP contribution in [0.5, 0.6) is 0 Å². The lowest BCUT2D eigenvalue weighted by Crippen LogP contribution is -2.48. The van der Waals surface area contributed by atoms with E-state index in [0.29, 0.717) is 11.8 Å². The smallest absolute Gasteiger partial charge is 0.273 e. The van der Waals surface area contributed by atoms with E-state index in [1.165, 1.54) is 10.6 Å². The number of amides is 2. The predicted molar refractivity (Wildman–Crippen MR) is 136 cm³/mol. The number of carbonyl (C=O) groups is 2. The van der Waals surface area contributed by atoms with Gasteiger partial charge in [-0.1, -0.05) is 98.8 Å². The molecule has 1 heterocycles. The molecule has 1 aliphatic rings. The molecule has 0 spiro atoms. The third-order valence-corrected chi connectivity index (χ3v) is 5.73. The van der Waals surface area contributed by atoms with Gasteiger partial charge in [-0.15, -0.1) is 0 Å². The molecule has 34 heavy (non-hydrogen) atoms. The number of aliphatic imine (C=N–C) groups is 1. The van der Waals surface area contributed by atoms with E-state index >= 15 is 0 Å². The summed E-state index contributed by atoms with van der Waals surface area (Å²) in [4.78, 5) is 31.0. The van der Waals surface area contributed by atoms with E-state index in [2.05, 4.69) is 36.4 Å². The van der Waals surface area contributed by atoms with Crippen molar-refractivity contribution in [3.63, 3.8) is 0 Å². The van der Waals surface area contributed by atoms with E-state index in [1.54, 1.807) is 6.08 Å². The molecule has 1 aliphatic heterocycles. The highest BCUT2D eigenvalue weighted by Gasteiger charge is 2.33. The molecule has 1 N–H and O–H groups in total. The molecule has 0 fully saturated rings. The quantitative estimate of drug-likeness (QED) is 0.492. The first kappa shape index (κ1) is 23.2. The van der Waals surface area contributed by atoms with Crippen molar-refractivity contribution in [2.24, 2.45) is 10.9 Å². The van der Waals surface area contributed by atoms with Crippen LogP contribution in [0.3, 0.4) is 0 Å². The van der Waals surface area contributed by atoms with E-state index < -0.39 is 5.92 Å². The Labute approximate surface area is 200 Å². The number of nitrogens with zero attached hydrogens (tertiary/aromatic N) is 2. The molecule has 1 unspecified atom stereocenters. The van der Waals surface area contributed by atoms with Crippen molar-refractivity contribution >= 4 is 23.7 Å². The summed E-state index contributed by atoms with van der Waals surface area (Å²) in [6, 6.07) is 27.0. The van der Waals surface area contributed by atoms with Gasteiger partial charge in [-0.3, -0.25) is 15.0 Å². The predicted octanol–water partition coefficient (Wildman–Crippen LogP) is 5.35. The minimum atomic E-state index is -0.430. The van der Waals surface area contributed by atoms with Gasteiger partial charge in [0.25, 0.3) is 5.91 Å². The lowest BCUT2D eigenvalue weighted by atomic mass is 9.96. The van der Waals surface area contributed by atoms with Crippen LogP contribution in [0.15, 0.2) is 95.6 Å². The average Bonchev–Trinajstić information content (AvgIpc) is 3.15. The lowest BCUT2D eigenvalue weighted by molar-refractivity contribution is -0.134. The molecule has 4 rings (SSSR count).